The van der Waals surface area contributed by atoms with Crippen LogP contribution in [0, 0.1) is 0 Å². The first-order chi connectivity index (χ1) is 10.7. The number of hydrogen-bond acceptors (Lipinski definition) is 6. The van der Waals surface area contributed by atoms with Gasteiger partial charge in [0.2, 0.25) is 18.6 Å². The number of nitrogens with zero attached hydrogens (tertiary/aromatic N) is 2. The first-order valence-corrected chi connectivity index (χ1v) is 7.62. The first kappa shape index (κ1) is 12.5. The Hall–Kier alpha value is -2.08. The maximum absolute atomic E-state index is 5.97. The van der Waals surface area contributed by atoms with Crippen molar-refractivity contribution in [2.24, 2.45) is 0 Å². The normalized spacial score (nSPS) is 31.9. The van der Waals surface area contributed by atoms with Gasteiger partial charge in [-0.2, -0.15) is 0 Å². The largest absolute Gasteiger partial charge is 0.454 e. The minimum Gasteiger partial charge on any atom is -0.454 e. The van der Waals surface area contributed by atoms with E-state index in [1.165, 1.54) is 0 Å². The number of benzene rings is 1. The molecular formula is C16H16N2O4. The highest BCUT2D eigenvalue weighted by molar-refractivity contribution is 5.60. The van der Waals surface area contributed by atoms with E-state index in [1.54, 1.807) is 0 Å². The zero-order valence-electron chi connectivity index (χ0n) is 12.2. The van der Waals surface area contributed by atoms with E-state index in [-0.39, 0.29) is 18.3 Å². The summed E-state index contributed by atoms with van der Waals surface area (Å²) in [4.78, 5) is 0. The lowest BCUT2D eigenvalue weighted by atomic mass is 9.75. The van der Waals surface area contributed by atoms with E-state index in [0.717, 1.165) is 30.6 Å². The van der Waals surface area contributed by atoms with Crippen LogP contribution < -0.4 is 9.47 Å². The SMILES string of the molecule is CC1(c2nnc(-c3ccc4c(c3)OCO4)o2)CC2CCC1O2. The molecule has 0 aliphatic carbocycles. The van der Waals surface area contributed by atoms with Crippen molar-refractivity contribution in [1.29, 1.82) is 0 Å². The summed E-state index contributed by atoms with van der Waals surface area (Å²) in [5.41, 5.74) is 0.681. The van der Waals surface area contributed by atoms with Crippen molar-refractivity contribution in [3.63, 3.8) is 0 Å². The molecule has 3 atom stereocenters. The summed E-state index contributed by atoms with van der Waals surface area (Å²) in [6.45, 7) is 2.42. The third-order valence-electron chi connectivity index (χ3n) is 5.00. The lowest BCUT2D eigenvalue weighted by molar-refractivity contribution is 0.0821. The van der Waals surface area contributed by atoms with Crippen LogP contribution in [0.1, 0.15) is 32.1 Å². The number of fused-ring (bicyclic) bond motifs is 3. The average molecular weight is 300 g/mol. The molecule has 3 aliphatic heterocycles. The summed E-state index contributed by atoms with van der Waals surface area (Å²) >= 11 is 0. The van der Waals surface area contributed by atoms with Gasteiger partial charge in [0, 0.05) is 5.56 Å². The first-order valence-electron chi connectivity index (χ1n) is 7.62. The zero-order chi connectivity index (χ0) is 14.7. The molecule has 22 heavy (non-hydrogen) atoms. The molecule has 0 saturated carbocycles. The van der Waals surface area contributed by atoms with Gasteiger partial charge in [-0.1, -0.05) is 0 Å². The Morgan fingerprint density at radius 2 is 2.05 bits per heavy atom. The fourth-order valence-corrected chi connectivity index (χ4v) is 3.75. The molecule has 1 aromatic heterocycles. The van der Waals surface area contributed by atoms with Gasteiger partial charge in [-0.15, -0.1) is 10.2 Å². The zero-order valence-corrected chi connectivity index (χ0v) is 12.2. The molecular weight excluding hydrogens is 284 g/mol. The molecule has 3 aliphatic rings. The molecule has 0 spiro atoms. The topological polar surface area (TPSA) is 66.6 Å². The third kappa shape index (κ3) is 1.64. The van der Waals surface area contributed by atoms with Gasteiger partial charge in [-0.3, -0.25) is 0 Å². The molecule has 2 aromatic rings. The van der Waals surface area contributed by atoms with E-state index in [0.29, 0.717) is 23.6 Å². The van der Waals surface area contributed by atoms with Crippen molar-refractivity contribution in [2.75, 3.05) is 6.79 Å². The van der Waals surface area contributed by atoms with Crippen LogP contribution in [0.4, 0.5) is 0 Å². The van der Waals surface area contributed by atoms with Crippen LogP contribution in [0.15, 0.2) is 22.6 Å². The molecule has 6 nitrogen and oxygen atoms in total. The van der Waals surface area contributed by atoms with Crippen LogP contribution >= 0.6 is 0 Å². The van der Waals surface area contributed by atoms with Crippen LogP contribution in [-0.2, 0) is 10.2 Å². The molecule has 2 fully saturated rings. The summed E-state index contributed by atoms with van der Waals surface area (Å²) in [6, 6.07) is 5.65. The Morgan fingerprint density at radius 1 is 1.14 bits per heavy atom. The van der Waals surface area contributed by atoms with Crippen LogP contribution in [0.2, 0.25) is 0 Å². The van der Waals surface area contributed by atoms with Crippen molar-refractivity contribution in [1.82, 2.24) is 10.2 Å². The van der Waals surface area contributed by atoms with Crippen LogP contribution in [0.5, 0.6) is 11.5 Å². The minimum atomic E-state index is -0.162. The highest BCUT2D eigenvalue weighted by atomic mass is 16.7. The van der Waals surface area contributed by atoms with Gasteiger partial charge < -0.3 is 18.6 Å². The quantitative estimate of drug-likeness (QED) is 0.849. The van der Waals surface area contributed by atoms with E-state index in [1.807, 2.05) is 18.2 Å². The molecule has 0 amide bonds. The predicted octanol–water partition coefficient (Wildman–Crippen LogP) is 2.67. The number of rotatable bonds is 2. The summed E-state index contributed by atoms with van der Waals surface area (Å²) in [5, 5.41) is 8.51. The van der Waals surface area contributed by atoms with Gasteiger partial charge in [-0.25, -0.2) is 0 Å². The second-order valence-electron chi connectivity index (χ2n) is 6.43. The second kappa shape index (κ2) is 4.23. The highest BCUT2D eigenvalue weighted by Gasteiger charge is 2.53. The average Bonchev–Trinajstić information content (AvgIpc) is 3.28. The van der Waals surface area contributed by atoms with Crippen molar-refractivity contribution in [3.05, 3.63) is 24.1 Å². The van der Waals surface area contributed by atoms with Gasteiger partial charge >= 0.3 is 0 Å². The van der Waals surface area contributed by atoms with Gasteiger partial charge in [-0.05, 0) is 44.4 Å². The molecule has 4 heterocycles. The van der Waals surface area contributed by atoms with Gasteiger partial charge in [0.25, 0.3) is 0 Å². The van der Waals surface area contributed by atoms with E-state index in [4.69, 9.17) is 18.6 Å². The Kier molecular flexibility index (Phi) is 2.39. The summed E-state index contributed by atoms with van der Waals surface area (Å²) in [7, 11) is 0. The number of hydrogen-bond donors (Lipinski definition) is 0. The summed E-state index contributed by atoms with van der Waals surface area (Å²) in [5.74, 6) is 2.65. The van der Waals surface area contributed by atoms with Gasteiger partial charge in [0.05, 0.1) is 17.6 Å². The Morgan fingerprint density at radius 3 is 2.86 bits per heavy atom. The number of ether oxygens (including phenoxy) is 3. The number of aromatic nitrogens is 2. The molecule has 2 bridgehead atoms. The Labute approximate surface area is 127 Å². The van der Waals surface area contributed by atoms with Crippen LogP contribution in [0.3, 0.4) is 0 Å². The third-order valence-corrected chi connectivity index (χ3v) is 5.00. The van der Waals surface area contributed by atoms with Crippen molar-refractivity contribution in [2.45, 2.75) is 43.8 Å². The van der Waals surface area contributed by atoms with E-state index in [9.17, 15) is 0 Å². The minimum absolute atomic E-state index is 0.162. The fraction of sp³-hybridized carbons (Fsp3) is 0.500. The monoisotopic (exact) mass is 300 g/mol. The Balaban J connectivity index is 1.49. The Bertz CT molecular complexity index is 743. The molecule has 6 heteroatoms. The van der Waals surface area contributed by atoms with Crippen molar-refractivity contribution < 1.29 is 18.6 Å². The van der Waals surface area contributed by atoms with Crippen LogP contribution in [-0.4, -0.2) is 29.2 Å². The highest BCUT2D eigenvalue weighted by Crippen LogP contribution is 2.49. The summed E-state index contributed by atoms with van der Waals surface area (Å²) < 4.78 is 22.6. The second-order valence-corrected chi connectivity index (χ2v) is 6.43. The predicted molar refractivity (Wildman–Crippen MR) is 75.7 cm³/mol. The molecule has 114 valence electrons. The smallest absolute Gasteiger partial charge is 0.247 e. The standard InChI is InChI=1S/C16H16N2O4/c1-16(7-10-3-5-13(16)21-10)15-18-17-14(22-15)9-2-4-11-12(6-9)20-8-19-11/h2,4,6,10,13H,3,5,7-8H2,1H3. The molecule has 5 rings (SSSR count). The molecule has 2 saturated heterocycles. The van der Waals surface area contributed by atoms with Crippen LogP contribution in [0.25, 0.3) is 11.5 Å². The van der Waals surface area contributed by atoms with Crippen molar-refractivity contribution >= 4 is 0 Å². The fourth-order valence-electron chi connectivity index (χ4n) is 3.75. The molecule has 1 aromatic carbocycles. The molecule has 0 N–H and O–H groups in total. The lowest BCUT2D eigenvalue weighted by Crippen LogP contribution is -2.34. The lowest BCUT2D eigenvalue weighted by Gasteiger charge is -2.26. The van der Waals surface area contributed by atoms with Gasteiger partial charge in [0.1, 0.15) is 0 Å². The van der Waals surface area contributed by atoms with E-state index in [2.05, 4.69) is 17.1 Å². The van der Waals surface area contributed by atoms with E-state index >= 15 is 0 Å². The van der Waals surface area contributed by atoms with E-state index < -0.39 is 0 Å². The molecule has 0 radical (unpaired) electrons. The molecule has 3 unspecified atom stereocenters. The van der Waals surface area contributed by atoms with Crippen molar-refractivity contribution in [3.8, 4) is 23.0 Å². The van der Waals surface area contributed by atoms with Gasteiger partial charge in [0.15, 0.2) is 11.5 Å². The summed E-state index contributed by atoms with van der Waals surface area (Å²) in [6.07, 6.45) is 3.71. The maximum Gasteiger partial charge on any atom is 0.247 e. The maximum atomic E-state index is 5.97.